The smallest absolute Gasteiger partial charge is 0.341 e. The Bertz CT molecular complexity index is 731. The Kier molecular flexibility index (Phi) is 4.76. The number of aryl methyl sites for hydroxylation is 1. The molecule has 4 nitrogen and oxygen atoms in total. The topological polar surface area (TPSA) is 47.9 Å². The third-order valence-corrected chi connectivity index (χ3v) is 5.01. The number of thiophene rings is 1. The van der Waals surface area contributed by atoms with Crippen LogP contribution >= 0.6 is 11.3 Å². The van der Waals surface area contributed by atoms with E-state index in [2.05, 4.69) is 4.99 Å². The van der Waals surface area contributed by atoms with Gasteiger partial charge in [0.1, 0.15) is 10.8 Å². The number of esters is 1. The van der Waals surface area contributed by atoms with Crippen molar-refractivity contribution in [2.45, 2.75) is 26.2 Å². The summed E-state index contributed by atoms with van der Waals surface area (Å²) >= 11 is 1.60. The molecule has 0 fully saturated rings. The largest absolute Gasteiger partial charge is 0.494 e. The molecule has 0 spiro atoms. The fourth-order valence-electron chi connectivity index (χ4n) is 2.74. The summed E-state index contributed by atoms with van der Waals surface area (Å²) in [7, 11) is 1.42. The second-order valence-electron chi connectivity index (χ2n) is 5.29. The molecular weight excluding hydrogens is 310 g/mol. The predicted molar refractivity (Wildman–Crippen MR) is 92.5 cm³/mol. The van der Waals surface area contributed by atoms with Crippen molar-refractivity contribution in [3.63, 3.8) is 0 Å². The molecule has 3 rings (SSSR count). The minimum Gasteiger partial charge on any atom is -0.494 e. The molecule has 5 heteroatoms. The van der Waals surface area contributed by atoms with Crippen LogP contribution in [0.4, 0.5) is 5.00 Å². The SMILES string of the molecule is CCOc1ccc(C=Nc2sc3c(c2C(=O)OC)CCC3)cc1. The van der Waals surface area contributed by atoms with Crippen molar-refractivity contribution in [3.05, 3.63) is 45.8 Å². The summed E-state index contributed by atoms with van der Waals surface area (Å²) < 4.78 is 10.4. The standard InChI is InChI=1S/C18H19NO3S/c1-3-22-13-9-7-12(8-10-13)11-19-17-16(18(20)21-2)14-5-4-6-15(14)23-17/h7-11H,3-6H2,1-2H3. The average molecular weight is 329 g/mol. The van der Waals surface area contributed by atoms with Gasteiger partial charge in [-0.1, -0.05) is 0 Å². The summed E-state index contributed by atoms with van der Waals surface area (Å²) in [6.45, 7) is 2.61. The van der Waals surface area contributed by atoms with Crippen molar-refractivity contribution in [2.24, 2.45) is 4.99 Å². The molecule has 1 aromatic heterocycles. The first kappa shape index (κ1) is 15.7. The molecule has 0 atom stereocenters. The Morgan fingerprint density at radius 1 is 1.30 bits per heavy atom. The Labute approximate surface area is 139 Å². The van der Waals surface area contributed by atoms with E-state index in [0.29, 0.717) is 12.2 Å². The molecule has 0 unspecified atom stereocenters. The van der Waals surface area contributed by atoms with E-state index in [1.54, 1.807) is 17.6 Å². The van der Waals surface area contributed by atoms with E-state index in [0.717, 1.165) is 41.1 Å². The summed E-state index contributed by atoms with van der Waals surface area (Å²) in [5.41, 5.74) is 2.74. The Morgan fingerprint density at radius 2 is 2.09 bits per heavy atom. The number of carbonyl (C=O) groups is 1. The molecule has 0 saturated carbocycles. The molecule has 1 heterocycles. The van der Waals surface area contributed by atoms with E-state index in [1.807, 2.05) is 31.2 Å². The molecule has 0 aliphatic heterocycles. The Morgan fingerprint density at radius 3 is 2.78 bits per heavy atom. The molecule has 1 aliphatic rings. The van der Waals surface area contributed by atoms with Crippen LogP contribution in [0, 0.1) is 0 Å². The molecule has 0 bridgehead atoms. The van der Waals surface area contributed by atoms with Gasteiger partial charge in [0.05, 0.1) is 19.3 Å². The monoisotopic (exact) mass is 329 g/mol. The van der Waals surface area contributed by atoms with E-state index in [1.165, 1.54) is 12.0 Å². The fraction of sp³-hybridized carbons (Fsp3) is 0.333. The van der Waals surface area contributed by atoms with Crippen LogP contribution in [0.2, 0.25) is 0 Å². The molecule has 1 aromatic carbocycles. The van der Waals surface area contributed by atoms with Gasteiger partial charge in [-0.2, -0.15) is 0 Å². The number of hydrogen-bond acceptors (Lipinski definition) is 5. The number of carbonyl (C=O) groups excluding carboxylic acids is 1. The molecule has 0 amide bonds. The molecule has 120 valence electrons. The lowest BCUT2D eigenvalue weighted by Crippen LogP contribution is -2.03. The third kappa shape index (κ3) is 3.29. The van der Waals surface area contributed by atoms with Gasteiger partial charge in [0.2, 0.25) is 0 Å². The van der Waals surface area contributed by atoms with Crippen LogP contribution in [0.3, 0.4) is 0 Å². The summed E-state index contributed by atoms with van der Waals surface area (Å²) in [4.78, 5) is 17.9. The van der Waals surface area contributed by atoms with Gasteiger partial charge in [-0.05, 0) is 61.6 Å². The van der Waals surface area contributed by atoms with Crippen LogP contribution in [0.1, 0.15) is 39.7 Å². The molecule has 23 heavy (non-hydrogen) atoms. The highest BCUT2D eigenvalue weighted by Crippen LogP contribution is 2.41. The van der Waals surface area contributed by atoms with Crippen LogP contribution in [-0.4, -0.2) is 25.9 Å². The zero-order valence-electron chi connectivity index (χ0n) is 13.3. The van der Waals surface area contributed by atoms with Crippen LogP contribution in [0.15, 0.2) is 29.3 Å². The van der Waals surface area contributed by atoms with Crippen LogP contribution < -0.4 is 4.74 Å². The van der Waals surface area contributed by atoms with Gasteiger partial charge >= 0.3 is 5.97 Å². The second-order valence-corrected chi connectivity index (χ2v) is 6.37. The van der Waals surface area contributed by atoms with E-state index < -0.39 is 0 Å². The van der Waals surface area contributed by atoms with Gasteiger partial charge in [0, 0.05) is 11.1 Å². The second kappa shape index (κ2) is 6.96. The predicted octanol–water partition coefficient (Wildman–Crippen LogP) is 4.17. The normalized spacial score (nSPS) is 13.3. The molecule has 1 aliphatic carbocycles. The minimum absolute atomic E-state index is 0.289. The number of ether oxygens (including phenoxy) is 2. The van der Waals surface area contributed by atoms with Gasteiger partial charge in [0.15, 0.2) is 0 Å². The van der Waals surface area contributed by atoms with Gasteiger partial charge in [-0.3, -0.25) is 0 Å². The third-order valence-electron chi connectivity index (χ3n) is 3.81. The van der Waals surface area contributed by atoms with Crippen molar-refractivity contribution in [2.75, 3.05) is 13.7 Å². The van der Waals surface area contributed by atoms with Crippen molar-refractivity contribution in [1.82, 2.24) is 0 Å². The number of methoxy groups -OCH3 is 1. The fourth-order valence-corrected chi connectivity index (χ4v) is 3.96. The highest BCUT2D eigenvalue weighted by atomic mass is 32.1. The van der Waals surface area contributed by atoms with E-state index in [4.69, 9.17) is 9.47 Å². The lowest BCUT2D eigenvalue weighted by atomic mass is 10.1. The summed E-state index contributed by atoms with van der Waals surface area (Å²) in [5, 5.41) is 0.746. The highest BCUT2D eigenvalue weighted by Gasteiger charge is 2.26. The first-order valence-electron chi connectivity index (χ1n) is 7.72. The van der Waals surface area contributed by atoms with Gasteiger partial charge < -0.3 is 9.47 Å². The average Bonchev–Trinajstić information content (AvgIpc) is 3.14. The number of nitrogens with zero attached hydrogens (tertiary/aromatic N) is 1. The van der Waals surface area contributed by atoms with E-state index in [-0.39, 0.29) is 5.97 Å². The molecular formula is C18H19NO3S. The van der Waals surface area contributed by atoms with Crippen molar-refractivity contribution >= 4 is 28.5 Å². The Hall–Kier alpha value is -2.14. The van der Waals surface area contributed by atoms with Crippen LogP contribution in [0.25, 0.3) is 0 Å². The molecule has 2 aromatic rings. The lowest BCUT2D eigenvalue weighted by molar-refractivity contribution is 0.0601. The first-order valence-corrected chi connectivity index (χ1v) is 8.54. The first-order chi connectivity index (χ1) is 11.2. The lowest BCUT2D eigenvalue weighted by Gasteiger charge is -2.02. The molecule has 0 radical (unpaired) electrons. The summed E-state index contributed by atoms with van der Waals surface area (Å²) in [6, 6.07) is 7.74. The molecule has 0 saturated heterocycles. The van der Waals surface area contributed by atoms with Gasteiger partial charge in [0.25, 0.3) is 0 Å². The van der Waals surface area contributed by atoms with Crippen LogP contribution in [0.5, 0.6) is 5.75 Å². The summed E-state index contributed by atoms with van der Waals surface area (Å²) in [5.74, 6) is 0.554. The number of rotatable bonds is 5. The number of aliphatic imine (C=N–C) groups is 1. The summed E-state index contributed by atoms with van der Waals surface area (Å²) in [6.07, 6.45) is 4.86. The van der Waals surface area contributed by atoms with Gasteiger partial charge in [-0.15, -0.1) is 11.3 Å². The van der Waals surface area contributed by atoms with E-state index in [9.17, 15) is 4.79 Å². The van der Waals surface area contributed by atoms with Crippen molar-refractivity contribution in [3.8, 4) is 5.75 Å². The number of fused-ring (bicyclic) bond motifs is 1. The zero-order chi connectivity index (χ0) is 16.2. The maximum atomic E-state index is 12.1. The number of benzene rings is 1. The minimum atomic E-state index is -0.289. The van der Waals surface area contributed by atoms with Crippen molar-refractivity contribution < 1.29 is 14.3 Å². The van der Waals surface area contributed by atoms with Crippen molar-refractivity contribution in [1.29, 1.82) is 0 Å². The molecule has 0 N–H and O–H groups in total. The maximum Gasteiger partial charge on any atom is 0.341 e. The maximum absolute atomic E-state index is 12.1. The van der Waals surface area contributed by atoms with E-state index >= 15 is 0 Å². The van der Waals surface area contributed by atoms with Gasteiger partial charge in [-0.25, -0.2) is 9.79 Å². The zero-order valence-corrected chi connectivity index (χ0v) is 14.1. The quantitative estimate of drug-likeness (QED) is 0.611. The van der Waals surface area contributed by atoms with Crippen LogP contribution in [-0.2, 0) is 17.6 Å². The highest BCUT2D eigenvalue weighted by molar-refractivity contribution is 7.16. The number of hydrogen-bond donors (Lipinski definition) is 0. The Balaban J connectivity index is 1.86.